The normalized spacial score (nSPS) is 11.5. The zero-order chi connectivity index (χ0) is 12.9. The van der Waals surface area contributed by atoms with Crippen molar-refractivity contribution in [3.8, 4) is 5.88 Å². The molecule has 1 aromatic heterocycles. The summed E-state index contributed by atoms with van der Waals surface area (Å²) in [6.07, 6.45) is 4.66. The lowest BCUT2D eigenvalue weighted by Crippen LogP contribution is -2.22. The maximum Gasteiger partial charge on any atom is 0.331 e. The van der Waals surface area contributed by atoms with E-state index in [0.29, 0.717) is 5.88 Å². The number of carbonyl (C=O) groups excluding carboxylic acids is 1. The molecule has 0 N–H and O–H groups in total. The molecule has 1 rings (SSSR count). The predicted octanol–water partition coefficient (Wildman–Crippen LogP) is 2.45. The van der Waals surface area contributed by atoms with E-state index in [4.69, 9.17) is 9.47 Å². The average molecular weight is 235 g/mol. The molecule has 4 nitrogen and oxygen atoms in total. The molecule has 4 heteroatoms. The lowest BCUT2D eigenvalue weighted by atomic mass is 10.2. The third kappa shape index (κ3) is 5.15. The predicted molar refractivity (Wildman–Crippen MR) is 65.7 cm³/mol. The zero-order valence-corrected chi connectivity index (χ0v) is 10.6. The summed E-state index contributed by atoms with van der Waals surface area (Å²) in [5.74, 6) is 0.174. The molecule has 92 valence electrons. The molecular weight excluding hydrogens is 218 g/mol. The number of carbonyl (C=O) groups is 1. The van der Waals surface area contributed by atoms with Crippen LogP contribution in [0.25, 0.3) is 6.08 Å². The fourth-order valence-corrected chi connectivity index (χ4v) is 1.11. The lowest BCUT2D eigenvalue weighted by Gasteiger charge is -2.17. The number of ether oxygens (including phenoxy) is 2. The molecule has 0 saturated heterocycles. The van der Waals surface area contributed by atoms with Crippen LogP contribution in [0.5, 0.6) is 5.88 Å². The molecule has 0 aliphatic rings. The minimum atomic E-state index is -0.473. The number of esters is 1. The molecule has 0 fully saturated rings. The van der Waals surface area contributed by atoms with Crippen molar-refractivity contribution in [3.05, 3.63) is 30.0 Å². The Bertz CT molecular complexity index is 402. The summed E-state index contributed by atoms with van der Waals surface area (Å²) in [7, 11) is 1.55. The number of hydrogen-bond acceptors (Lipinski definition) is 4. The first-order valence-electron chi connectivity index (χ1n) is 5.32. The maximum absolute atomic E-state index is 11.4. The molecule has 0 unspecified atom stereocenters. The number of aromatic nitrogens is 1. The number of pyridine rings is 1. The van der Waals surface area contributed by atoms with Crippen LogP contribution in [0, 0.1) is 0 Å². The molecule has 0 aliphatic carbocycles. The van der Waals surface area contributed by atoms with E-state index in [9.17, 15) is 4.79 Å². The van der Waals surface area contributed by atoms with E-state index >= 15 is 0 Å². The largest absolute Gasteiger partial charge is 0.481 e. The van der Waals surface area contributed by atoms with Gasteiger partial charge >= 0.3 is 5.97 Å². The Balaban J connectivity index is 2.61. The van der Waals surface area contributed by atoms with Crippen molar-refractivity contribution in [1.29, 1.82) is 0 Å². The van der Waals surface area contributed by atoms with Gasteiger partial charge in [0.25, 0.3) is 0 Å². The molecule has 0 saturated carbocycles. The van der Waals surface area contributed by atoms with Crippen molar-refractivity contribution < 1.29 is 14.3 Å². The quantitative estimate of drug-likeness (QED) is 0.596. The van der Waals surface area contributed by atoms with E-state index in [0.717, 1.165) is 5.56 Å². The number of methoxy groups -OCH3 is 1. The van der Waals surface area contributed by atoms with Crippen LogP contribution in [0.4, 0.5) is 0 Å². The van der Waals surface area contributed by atoms with Crippen LogP contribution < -0.4 is 4.74 Å². The summed E-state index contributed by atoms with van der Waals surface area (Å²) in [5.41, 5.74) is 0.344. The summed E-state index contributed by atoms with van der Waals surface area (Å²) >= 11 is 0. The molecule has 1 aromatic rings. The zero-order valence-electron chi connectivity index (χ0n) is 10.6. The van der Waals surface area contributed by atoms with Crippen molar-refractivity contribution >= 4 is 12.0 Å². The summed E-state index contributed by atoms with van der Waals surface area (Å²) < 4.78 is 10.1. The third-order valence-electron chi connectivity index (χ3n) is 1.79. The SMILES string of the molecule is COc1ccc(C=CC(=O)OC(C)(C)C)cn1. The van der Waals surface area contributed by atoms with Crippen molar-refractivity contribution in [2.24, 2.45) is 0 Å². The Hall–Kier alpha value is -1.84. The van der Waals surface area contributed by atoms with E-state index < -0.39 is 5.60 Å². The Morgan fingerprint density at radius 3 is 2.53 bits per heavy atom. The Kier molecular flexibility index (Phi) is 4.26. The van der Waals surface area contributed by atoms with Gasteiger partial charge < -0.3 is 9.47 Å². The van der Waals surface area contributed by atoms with Crippen molar-refractivity contribution in [2.45, 2.75) is 26.4 Å². The maximum atomic E-state index is 11.4. The van der Waals surface area contributed by atoms with E-state index in [1.807, 2.05) is 26.8 Å². The topological polar surface area (TPSA) is 48.4 Å². The Morgan fingerprint density at radius 1 is 1.35 bits per heavy atom. The third-order valence-corrected chi connectivity index (χ3v) is 1.79. The van der Waals surface area contributed by atoms with E-state index in [1.54, 1.807) is 25.4 Å². The highest BCUT2D eigenvalue weighted by atomic mass is 16.6. The molecule has 1 heterocycles. The highest BCUT2D eigenvalue weighted by Gasteiger charge is 2.13. The highest BCUT2D eigenvalue weighted by Crippen LogP contribution is 2.10. The fraction of sp³-hybridized carbons (Fsp3) is 0.385. The van der Waals surface area contributed by atoms with Gasteiger partial charge in [0, 0.05) is 18.3 Å². The molecule has 0 bridgehead atoms. The van der Waals surface area contributed by atoms with Gasteiger partial charge in [0.15, 0.2) is 0 Å². The molecular formula is C13H17NO3. The molecule has 17 heavy (non-hydrogen) atoms. The summed E-state index contributed by atoms with van der Waals surface area (Å²) in [4.78, 5) is 15.4. The number of rotatable bonds is 3. The molecule has 0 atom stereocenters. The smallest absolute Gasteiger partial charge is 0.331 e. The van der Waals surface area contributed by atoms with E-state index in [1.165, 1.54) is 6.08 Å². The number of nitrogens with zero attached hydrogens (tertiary/aromatic N) is 1. The van der Waals surface area contributed by atoms with Crippen LogP contribution in [-0.4, -0.2) is 23.7 Å². The molecule has 0 aliphatic heterocycles. The summed E-state index contributed by atoms with van der Waals surface area (Å²) in [6, 6.07) is 3.54. The first-order valence-corrected chi connectivity index (χ1v) is 5.32. The lowest BCUT2D eigenvalue weighted by molar-refractivity contribution is -0.148. The van der Waals surface area contributed by atoms with Gasteiger partial charge in [0.1, 0.15) is 5.60 Å². The first kappa shape index (κ1) is 13.2. The molecule has 0 spiro atoms. The molecule has 0 radical (unpaired) electrons. The van der Waals surface area contributed by atoms with Crippen LogP contribution in [0.1, 0.15) is 26.3 Å². The van der Waals surface area contributed by atoms with Crippen LogP contribution in [0.15, 0.2) is 24.4 Å². The van der Waals surface area contributed by atoms with E-state index in [2.05, 4.69) is 4.98 Å². The first-order chi connectivity index (χ1) is 7.90. The second kappa shape index (κ2) is 5.48. The molecule has 0 aromatic carbocycles. The van der Waals surface area contributed by atoms with Gasteiger partial charge in [-0.05, 0) is 38.5 Å². The molecule has 0 amide bonds. The van der Waals surface area contributed by atoms with Crippen LogP contribution >= 0.6 is 0 Å². The summed E-state index contributed by atoms with van der Waals surface area (Å²) in [6.45, 7) is 5.48. The van der Waals surface area contributed by atoms with E-state index in [-0.39, 0.29) is 5.97 Å². The summed E-state index contributed by atoms with van der Waals surface area (Å²) in [5, 5.41) is 0. The van der Waals surface area contributed by atoms with Gasteiger partial charge in [0.05, 0.1) is 7.11 Å². The van der Waals surface area contributed by atoms with Crippen molar-refractivity contribution in [3.63, 3.8) is 0 Å². The minimum absolute atomic E-state index is 0.367. The van der Waals surface area contributed by atoms with Crippen LogP contribution in [-0.2, 0) is 9.53 Å². The van der Waals surface area contributed by atoms with Crippen LogP contribution in [0.2, 0.25) is 0 Å². The number of hydrogen-bond donors (Lipinski definition) is 0. The highest BCUT2D eigenvalue weighted by molar-refractivity contribution is 5.87. The van der Waals surface area contributed by atoms with Gasteiger partial charge in [-0.1, -0.05) is 0 Å². The second-order valence-corrected chi connectivity index (χ2v) is 4.50. The Labute approximate surface area is 101 Å². The van der Waals surface area contributed by atoms with Gasteiger partial charge in [-0.3, -0.25) is 0 Å². The standard InChI is InChI=1S/C13H17NO3/c1-13(2,3)17-12(15)8-6-10-5-7-11(16-4)14-9-10/h5-9H,1-4H3. The monoisotopic (exact) mass is 235 g/mol. The van der Waals surface area contributed by atoms with Gasteiger partial charge in [-0.15, -0.1) is 0 Å². The minimum Gasteiger partial charge on any atom is -0.481 e. The average Bonchev–Trinajstić information content (AvgIpc) is 2.25. The fourth-order valence-electron chi connectivity index (χ4n) is 1.11. The van der Waals surface area contributed by atoms with Gasteiger partial charge in [-0.2, -0.15) is 0 Å². The van der Waals surface area contributed by atoms with Crippen molar-refractivity contribution in [1.82, 2.24) is 4.98 Å². The van der Waals surface area contributed by atoms with Crippen molar-refractivity contribution in [2.75, 3.05) is 7.11 Å². The van der Waals surface area contributed by atoms with Gasteiger partial charge in [-0.25, -0.2) is 9.78 Å². The van der Waals surface area contributed by atoms with Crippen LogP contribution in [0.3, 0.4) is 0 Å². The van der Waals surface area contributed by atoms with Gasteiger partial charge in [0.2, 0.25) is 5.88 Å². The Morgan fingerprint density at radius 2 is 2.06 bits per heavy atom. The second-order valence-electron chi connectivity index (χ2n) is 4.50.